The third-order valence-corrected chi connectivity index (χ3v) is 5.88. The second kappa shape index (κ2) is 7.01. The number of fused-ring (bicyclic) bond motifs is 2. The molecule has 4 heterocycles. The molecule has 3 aromatic rings. The minimum atomic E-state index is -0.940. The molecule has 0 saturated carbocycles. The van der Waals surface area contributed by atoms with Crippen molar-refractivity contribution in [2.75, 3.05) is 19.7 Å². The smallest absolute Gasteiger partial charge is 0.407 e. The lowest BCUT2D eigenvalue weighted by Gasteiger charge is -2.37. The Kier molecular flexibility index (Phi) is 4.30. The summed E-state index contributed by atoms with van der Waals surface area (Å²) in [4.78, 5) is 43.4. The van der Waals surface area contributed by atoms with Crippen LogP contribution in [-0.4, -0.2) is 57.7 Å². The van der Waals surface area contributed by atoms with E-state index in [1.54, 1.807) is 12.4 Å². The van der Waals surface area contributed by atoms with E-state index in [4.69, 9.17) is 9.84 Å². The monoisotopic (exact) mass is 408 g/mol. The Balaban J connectivity index is 1.53. The fourth-order valence-electron chi connectivity index (χ4n) is 4.19. The summed E-state index contributed by atoms with van der Waals surface area (Å²) in [5, 5.41) is 14.9. The van der Waals surface area contributed by atoms with E-state index < -0.39 is 6.09 Å². The van der Waals surface area contributed by atoms with Gasteiger partial charge in [-0.25, -0.2) is 9.78 Å². The Morgan fingerprint density at radius 3 is 2.80 bits per heavy atom. The molecule has 9 nitrogen and oxygen atoms in total. The number of hydrogen-bond donors (Lipinski definition) is 3. The van der Waals surface area contributed by atoms with Crippen LogP contribution in [0.25, 0.3) is 21.5 Å². The SMILES string of the molecule is O=C1CC[C@@H](COc2nccc3cc4c(=O)[nH]cc(C5CN(C(=O)O)C5)c4cc23)N1. The number of aromatic amines is 1. The van der Waals surface area contributed by atoms with Gasteiger partial charge < -0.3 is 25.0 Å². The molecular formula is C21H20N4O5. The molecular weight excluding hydrogens is 388 g/mol. The molecule has 2 saturated heterocycles. The molecule has 0 spiro atoms. The van der Waals surface area contributed by atoms with Gasteiger partial charge in [-0.3, -0.25) is 9.59 Å². The predicted octanol–water partition coefficient (Wildman–Crippen LogP) is 1.81. The standard InChI is InChI=1S/C21H20N4O5/c26-18-2-1-13(24-18)10-30-20-14-6-15-16(5-11(14)3-4-22-20)19(27)23-7-17(15)12-8-25(9-12)21(28)29/h3-7,12-13H,1-2,8-10H2,(H,23,27)(H,24,26)(H,28,29)/t13-/m0/s1. The minimum absolute atomic E-state index is 0.0210. The summed E-state index contributed by atoms with van der Waals surface area (Å²) in [6.07, 6.45) is 3.59. The second-order valence-electron chi connectivity index (χ2n) is 7.81. The van der Waals surface area contributed by atoms with Gasteiger partial charge in [0.05, 0.1) is 6.04 Å². The first-order chi connectivity index (χ1) is 14.5. The number of H-pyrrole nitrogens is 1. The average molecular weight is 408 g/mol. The number of ether oxygens (including phenoxy) is 1. The summed E-state index contributed by atoms with van der Waals surface area (Å²) in [7, 11) is 0. The van der Waals surface area contributed by atoms with Crippen LogP contribution < -0.4 is 15.6 Å². The van der Waals surface area contributed by atoms with E-state index in [1.807, 2.05) is 18.2 Å². The summed E-state index contributed by atoms with van der Waals surface area (Å²) in [5.74, 6) is 0.496. The Hall–Kier alpha value is -3.62. The van der Waals surface area contributed by atoms with Crippen molar-refractivity contribution in [3.8, 4) is 5.88 Å². The lowest BCUT2D eigenvalue weighted by Crippen LogP contribution is -2.47. The Morgan fingerprint density at radius 2 is 2.07 bits per heavy atom. The molecule has 1 aromatic carbocycles. The highest BCUT2D eigenvalue weighted by Crippen LogP contribution is 2.34. The summed E-state index contributed by atoms with van der Waals surface area (Å²) < 4.78 is 5.92. The van der Waals surface area contributed by atoms with Gasteiger partial charge in [0.25, 0.3) is 5.56 Å². The van der Waals surface area contributed by atoms with E-state index in [9.17, 15) is 14.4 Å². The van der Waals surface area contributed by atoms with Gasteiger partial charge in [0.2, 0.25) is 11.8 Å². The zero-order valence-electron chi connectivity index (χ0n) is 16.1. The number of aromatic nitrogens is 2. The third kappa shape index (κ3) is 3.12. The van der Waals surface area contributed by atoms with Crippen LogP contribution in [-0.2, 0) is 4.79 Å². The predicted molar refractivity (Wildman–Crippen MR) is 109 cm³/mol. The number of carbonyl (C=O) groups is 2. The van der Waals surface area contributed by atoms with Gasteiger partial charge in [-0.2, -0.15) is 0 Å². The summed E-state index contributed by atoms with van der Waals surface area (Å²) >= 11 is 0. The van der Waals surface area contributed by atoms with Crippen LogP contribution in [0.15, 0.2) is 35.4 Å². The Morgan fingerprint density at radius 1 is 1.23 bits per heavy atom. The lowest BCUT2D eigenvalue weighted by atomic mass is 9.89. The van der Waals surface area contributed by atoms with Gasteiger partial charge in [-0.1, -0.05) is 0 Å². The molecule has 2 fully saturated rings. The van der Waals surface area contributed by atoms with Crippen molar-refractivity contribution in [2.24, 2.45) is 0 Å². The van der Waals surface area contributed by atoms with Crippen molar-refractivity contribution in [3.05, 3.63) is 46.5 Å². The molecule has 30 heavy (non-hydrogen) atoms. The molecule has 0 unspecified atom stereocenters. The van der Waals surface area contributed by atoms with E-state index in [0.717, 1.165) is 28.1 Å². The van der Waals surface area contributed by atoms with Crippen LogP contribution in [0.1, 0.15) is 24.3 Å². The molecule has 0 radical (unpaired) electrons. The van der Waals surface area contributed by atoms with Crippen LogP contribution in [0.2, 0.25) is 0 Å². The molecule has 2 aliphatic heterocycles. The Labute approximate surface area is 170 Å². The second-order valence-corrected chi connectivity index (χ2v) is 7.81. The van der Waals surface area contributed by atoms with E-state index in [-0.39, 0.29) is 23.4 Å². The first kappa shape index (κ1) is 18.4. The topological polar surface area (TPSA) is 125 Å². The number of carboxylic acid groups (broad SMARTS) is 1. The number of rotatable bonds is 4. The van der Waals surface area contributed by atoms with Crippen LogP contribution in [0, 0.1) is 0 Å². The zero-order chi connectivity index (χ0) is 20.8. The van der Waals surface area contributed by atoms with Gasteiger partial charge in [-0.05, 0) is 41.0 Å². The number of pyridine rings is 2. The molecule has 3 N–H and O–H groups in total. The molecule has 9 heteroatoms. The molecule has 0 aliphatic carbocycles. The van der Waals surface area contributed by atoms with Crippen molar-refractivity contribution in [1.82, 2.24) is 20.2 Å². The highest BCUT2D eigenvalue weighted by Gasteiger charge is 2.33. The lowest BCUT2D eigenvalue weighted by molar-refractivity contribution is -0.119. The number of nitrogens with zero attached hydrogens (tertiary/aromatic N) is 2. The van der Waals surface area contributed by atoms with E-state index in [2.05, 4.69) is 15.3 Å². The molecule has 2 amide bonds. The van der Waals surface area contributed by atoms with Gasteiger partial charge in [0, 0.05) is 48.6 Å². The van der Waals surface area contributed by atoms with Crippen molar-refractivity contribution >= 4 is 33.5 Å². The maximum Gasteiger partial charge on any atom is 0.407 e. The Bertz CT molecular complexity index is 1230. The fraction of sp³-hybridized carbons (Fsp3) is 0.333. The number of carbonyl (C=O) groups excluding carboxylic acids is 1. The average Bonchev–Trinajstić information content (AvgIpc) is 3.11. The zero-order valence-corrected chi connectivity index (χ0v) is 16.1. The van der Waals surface area contributed by atoms with Crippen molar-refractivity contribution in [3.63, 3.8) is 0 Å². The minimum Gasteiger partial charge on any atom is -0.475 e. The molecule has 2 aromatic heterocycles. The van der Waals surface area contributed by atoms with Gasteiger partial charge in [-0.15, -0.1) is 0 Å². The molecule has 2 aliphatic rings. The quantitative estimate of drug-likeness (QED) is 0.566. The first-order valence-corrected chi connectivity index (χ1v) is 9.83. The van der Waals surface area contributed by atoms with Gasteiger partial charge >= 0.3 is 6.09 Å². The van der Waals surface area contributed by atoms with Gasteiger partial charge in [0.15, 0.2) is 0 Å². The molecule has 154 valence electrons. The van der Waals surface area contributed by atoms with Crippen LogP contribution in [0.4, 0.5) is 4.79 Å². The van der Waals surface area contributed by atoms with Crippen LogP contribution >= 0.6 is 0 Å². The maximum absolute atomic E-state index is 12.4. The maximum atomic E-state index is 12.4. The number of hydrogen-bond acceptors (Lipinski definition) is 5. The van der Waals surface area contributed by atoms with E-state index in [0.29, 0.717) is 37.4 Å². The molecule has 1 atom stereocenters. The first-order valence-electron chi connectivity index (χ1n) is 9.83. The highest BCUT2D eigenvalue weighted by atomic mass is 16.5. The summed E-state index contributed by atoms with van der Waals surface area (Å²) in [5.41, 5.74) is 0.708. The van der Waals surface area contributed by atoms with Crippen LogP contribution in [0.3, 0.4) is 0 Å². The highest BCUT2D eigenvalue weighted by molar-refractivity contribution is 6.01. The molecule has 0 bridgehead atoms. The van der Waals surface area contributed by atoms with E-state index >= 15 is 0 Å². The number of nitrogens with one attached hydrogen (secondary N) is 2. The summed E-state index contributed by atoms with van der Waals surface area (Å²) in [6.45, 7) is 1.12. The fourth-order valence-corrected chi connectivity index (χ4v) is 4.19. The largest absolute Gasteiger partial charge is 0.475 e. The van der Waals surface area contributed by atoms with Crippen molar-refractivity contribution < 1.29 is 19.4 Å². The van der Waals surface area contributed by atoms with E-state index in [1.165, 1.54) is 4.90 Å². The van der Waals surface area contributed by atoms with Crippen molar-refractivity contribution in [1.29, 1.82) is 0 Å². The molecule has 5 rings (SSSR count). The normalized spacial score (nSPS) is 19.1. The van der Waals surface area contributed by atoms with Gasteiger partial charge in [0.1, 0.15) is 6.61 Å². The number of benzene rings is 1. The van der Waals surface area contributed by atoms with Crippen molar-refractivity contribution in [2.45, 2.75) is 24.8 Å². The number of likely N-dealkylation sites (tertiary alicyclic amines) is 1. The summed E-state index contributed by atoms with van der Waals surface area (Å²) in [6, 6.07) is 5.49. The number of amides is 2. The van der Waals surface area contributed by atoms with Crippen LogP contribution in [0.5, 0.6) is 5.88 Å². The third-order valence-electron chi connectivity index (χ3n) is 5.88.